The van der Waals surface area contributed by atoms with Crippen LogP contribution in [0, 0.1) is 0 Å². The Balaban J connectivity index is 1.71. The van der Waals surface area contributed by atoms with Crippen LogP contribution in [0.3, 0.4) is 0 Å². The summed E-state index contributed by atoms with van der Waals surface area (Å²) in [6.07, 6.45) is 0.629. The fraction of sp³-hybridized carbons (Fsp3) is 0.263. The lowest BCUT2D eigenvalue weighted by atomic mass is 10.2. The Morgan fingerprint density at radius 2 is 1.09 bits per heavy atom. The van der Waals surface area contributed by atoms with E-state index in [0.29, 0.717) is 19.6 Å². The van der Waals surface area contributed by atoms with Crippen LogP contribution in [-0.2, 0) is 22.9 Å². The van der Waals surface area contributed by atoms with Gasteiger partial charge in [0.15, 0.2) is 0 Å². The number of rotatable bonds is 8. The van der Waals surface area contributed by atoms with E-state index in [4.69, 9.17) is 9.68 Å². The summed E-state index contributed by atoms with van der Waals surface area (Å²) in [6, 6.07) is 19.9. The molecule has 2 rings (SSSR count). The molecule has 0 N–H and O–H groups in total. The van der Waals surface area contributed by atoms with Crippen LogP contribution in [0.15, 0.2) is 71.0 Å². The van der Waals surface area contributed by atoms with Crippen molar-refractivity contribution < 1.29 is 9.68 Å². The number of hydrogen-bond acceptors (Lipinski definition) is 4. The molecule has 0 fully saturated rings. The Labute approximate surface area is 137 Å². The molecule has 0 amide bonds. The van der Waals surface area contributed by atoms with E-state index in [2.05, 4.69) is 10.3 Å². The fourth-order valence-electron chi connectivity index (χ4n) is 2.02. The molecule has 23 heavy (non-hydrogen) atoms. The lowest BCUT2D eigenvalue weighted by Gasteiger charge is -2.04. The lowest BCUT2D eigenvalue weighted by molar-refractivity contribution is 0.128. The van der Waals surface area contributed by atoms with Crippen molar-refractivity contribution in [3.8, 4) is 0 Å². The number of oxime groups is 2. The van der Waals surface area contributed by atoms with E-state index < -0.39 is 0 Å². The minimum absolute atomic E-state index is 0.471. The molecule has 0 saturated heterocycles. The van der Waals surface area contributed by atoms with Crippen LogP contribution in [0.5, 0.6) is 0 Å². The predicted octanol–water partition coefficient (Wildman–Crippen LogP) is 4.56. The molecule has 4 heteroatoms. The molecule has 0 saturated carbocycles. The number of hydrogen-bond donors (Lipinski definition) is 0. The predicted molar refractivity (Wildman–Crippen MR) is 93.3 cm³/mol. The number of nitrogens with zero attached hydrogens (tertiary/aromatic N) is 2. The van der Waals surface area contributed by atoms with Crippen molar-refractivity contribution in [1.29, 1.82) is 0 Å². The van der Waals surface area contributed by atoms with Gasteiger partial charge in [-0.2, -0.15) is 0 Å². The van der Waals surface area contributed by atoms with E-state index in [0.717, 1.165) is 22.6 Å². The first-order chi connectivity index (χ1) is 11.2. The van der Waals surface area contributed by atoms with E-state index in [9.17, 15) is 0 Å². The third kappa shape index (κ3) is 6.78. The molecule has 0 unspecified atom stereocenters. The molecule has 2 aromatic rings. The van der Waals surface area contributed by atoms with Crippen LogP contribution in [0.4, 0.5) is 0 Å². The highest BCUT2D eigenvalue weighted by molar-refractivity contribution is 6.01. The van der Waals surface area contributed by atoms with Gasteiger partial charge in [0.1, 0.15) is 13.2 Å². The average molecular weight is 310 g/mol. The van der Waals surface area contributed by atoms with Crippen LogP contribution in [0.2, 0.25) is 0 Å². The summed E-state index contributed by atoms with van der Waals surface area (Å²) in [7, 11) is 0. The van der Waals surface area contributed by atoms with E-state index in [1.165, 1.54) is 0 Å². The number of benzene rings is 2. The van der Waals surface area contributed by atoms with Crippen molar-refractivity contribution in [2.75, 3.05) is 0 Å². The quantitative estimate of drug-likeness (QED) is 0.530. The smallest absolute Gasteiger partial charge is 0.142 e. The first-order valence-electron chi connectivity index (χ1n) is 7.63. The largest absolute Gasteiger partial charge is 0.391 e. The Morgan fingerprint density at radius 1 is 0.696 bits per heavy atom. The van der Waals surface area contributed by atoms with Crippen LogP contribution in [-0.4, -0.2) is 11.4 Å². The summed E-state index contributed by atoms with van der Waals surface area (Å²) < 4.78 is 0. The van der Waals surface area contributed by atoms with Gasteiger partial charge in [0.2, 0.25) is 0 Å². The van der Waals surface area contributed by atoms with Gasteiger partial charge in [-0.25, -0.2) is 0 Å². The van der Waals surface area contributed by atoms with E-state index in [1.54, 1.807) is 0 Å². The summed E-state index contributed by atoms with van der Waals surface area (Å²) >= 11 is 0. The summed E-state index contributed by atoms with van der Waals surface area (Å²) in [4.78, 5) is 10.7. The Morgan fingerprint density at radius 3 is 1.48 bits per heavy atom. The summed E-state index contributed by atoms with van der Waals surface area (Å²) in [5, 5.41) is 8.21. The zero-order valence-electron chi connectivity index (χ0n) is 13.6. The maximum atomic E-state index is 5.35. The summed E-state index contributed by atoms with van der Waals surface area (Å²) in [5.74, 6) is 0. The average Bonchev–Trinajstić information content (AvgIpc) is 2.57. The molecule has 0 aliphatic carbocycles. The molecule has 0 aliphatic rings. The van der Waals surface area contributed by atoms with Gasteiger partial charge >= 0.3 is 0 Å². The SMILES string of the molecule is CC(CC(C)=NOCc1ccccc1)=NOCc1ccccc1. The molecule has 0 aliphatic heterocycles. The molecule has 0 radical (unpaired) electrons. The first kappa shape index (κ1) is 16.7. The molecule has 4 nitrogen and oxygen atoms in total. The van der Waals surface area contributed by atoms with Gasteiger partial charge in [-0.1, -0.05) is 71.0 Å². The van der Waals surface area contributed by atoms with Gasteiger partial charge in [0, 0.05) is 6.42 Å². The molecular formula is C19H22N2O2. The molecule has 0 heterocycles. The van der Waals surface area contributed by atoms with Crippen molar-refractivity contribution in [2.45, 2.75) is 33.5 Å². The highest BCUT2D eigenvalue weighted by Gasteiger charge is 1.99. The maximum absolute atomic E-state index is 5.35. The molecule has 0 bridgehead atoms. The first-order valence-corrected chi connectivity index (χ1v) is 7.63. The monoisotopic (exact) mass is 310 g/mol. The van der Waals surface area contributed by atoms with Gasteiger partial charge in [-0.3, -0.25) is 0 Å². The van der Waals surface area contributed by atoms with Gasteiger partial charge in [-0.05, 0) is 25.0 Å². The molecule has 120 valence electrons. The Kier molecular flexibility index (Phi) is 6.85. The third-order valence-corrected chi connectivity index (χ3v) is 3.10. The van der Waals surface area contributed by atoms with Crippen molar-refractivity contribution in [1.82, 2.24) is 0 Å². The van der Waals surface area contributed by atoms with Gasteiger partial charge in [0.25, 0.3) is 0 Å². The second-order valence-corrected chi connectivity index (χ2v) is 5.35. The maximum Gasteiger partial charge on any atom is 0.142 e. The third-order valence-electron chi connectivity index (χ3n) is 3.10. The van der Waals surface area contributed by atoms with Crippen LogP contribution in [0.1, 0.15) is 31.4 Å². The van der Waals surface area contributed by atoms with Crippen molar-refractivity contribution in [3.63, 3.8) is 0 Å². The minimum atomic E-state index is 0.471. The standard InChI is InChI=1S/C19H22N2O2/c1-16(20-22-14-18-9-5-3-6-10-18)13-17(2)21-23-15-19-11-7-4-8-12-19/h3-12H,13-15H2,1-2H3. The molecule has 0 aromatic heterocycles. The van der Waals surface area contributed by atoms with Crippen LogP contribution >= 0.6 is 0 Å². The van der Waals surface area contributed by atoms with Gasteiger partial charge in [0.05, 0.1) is 11.4 Å². The fourth-order valence-corrected chi connectivity index (χ4v) is 2.02. The lowest BCUT2D eigenvalue weighted by Crippen LogP contribution is -2.03. The Bertz CT molecular complexity index is 579. The Hall–Kier alpha value is -2.62. The van der Waals surface area contributed by atoms with E-state index in [-0.39, 0.29) is 0 Å². The van der Waals surface area contributed by atoms with Crippen molar-refractivity contribution in [3.05, 3.63) is 71.8 Å². The van der Waals surface area contributed by atoms with Crippen LogP contribution in [0.25, 0.3) is 0 Å². The highest BCUT2D eigenvalue weighted by atomic mass is 16.6. The highest BCUT2D eigenvalue weighted by Crippen LogP contribution is 2.03. The second kappa shape index (κ2) is 9.41. The zero-order chi connectivity index (χ0) is 16.3. The minimum Gasteiger partial charge on any atom is -0.391 e. The summed E-state index contributed by atoms with van der Waals surface area (Å²) in [6.45, 7) is 4.78. The second-order valence-electron chi connectivity index (χ2n) is 5.35. The van der Waals surface area contributed by atoms with Gasteiger partial charge < -0.3 is 9.68 Å². The molecular weight excluding hydrogens is 288 g/mol. The van der Waals surface area contributed by atoms with Gasteiger partial charge in [-0.15, -0.1) is 0 Å². The molecule has 2 aromatic carbocycles. The molecule has 0 atom stereocenters. The van der Waals surface area contributed by atoms with Crippen molar-refractivity contribution in [2.24, 2.45) is 10.3 Å². The molecule has 0 spiro atoms. The van der Waals surface area contributed by atoms with Crippen molar-refractivity contribution >= 4 is 11.4 Å². The van der Waals surface area contributed by atoms with Crippen LogP contribution < -0.4 is 0 Å². The topological polar surface area (TPSA) is 43.2 Å². The van der Waals surface area contributed by atoms with E-state index >= 15 is 0 Å². The summed E-state index contributed by atoms with van der Waals surface area (Å²) in [5.41, 5.74) is 3.93. The van der Waals surface area contributed by atoms with E-state index in [1.807, 2.05) is 74.5 Å². The zero-order valence-corrected chi connectivity index (χ0v) is 13.6. The normalized spacial score (nSPS) is 12.1.